The Balaban J connectivity index is 1.40. The number of morpholine rings is 1. The fraction of sp³-hybridized carbons (Fsp3) is 0.529. The van der Waals surface area contributed by atoms with Crippen LogP contribution in [-0.2, 0) is 24.1 Å². The van der Waals surface area contributed by atoms with Crippen LogP contribution in [0, 0.1) is 0 Å². The summed E-state index contributed by atoms with van der Waals surface area (Å²) in [5, 5.41) is 4.14. The van der Waals surface area contributed by atoms with E-state index in [4.69, 9.17) is 9.26 Å². The van der Waals surface area contributed by atoms with Crippen molar-refractivity contribution in [2.45, 2.75) is 31.7 Å². The third-order valence-corrected chi connectivity index (χ3v) is 4.66. The summed E-state index contributed by atoms with van der Waals surface area (Å²) in [6.45, 7) is 4.24. The Bertz CT molecular complexity index is 634. The van der Waals surface area contributed by atoms with Crippen molar-refractivity contribution in [3.8, 4) is 0 Å². The fourth-order valence-electron chi connectivity index (χ4n) is 3.46. The molecule has 116 valence electrons. The first-order chi connectivity index (χ1) is 10.9. The fourth-order valence-corrected chi connectivity index (χ4v) is 3.46. The van der Waals surface area contributed by atoms with Crippen LogP contribution in [0.1, 0.15) is 35.2 Å². The molecule has 0 radical (unpaired) electrons. The Morgan fingerprint density at radius 3 is 2.95 bits per heavy atom. The molecule has 1 saturated heterocycles. The molecule has 1 aromatic carbocycles. The van der Waals surface area contributed by atoms with Gasteiger partial charge in [-0.15, -0.1) is 0 Å². The maximum atomic E-state index is 5.46. The van der Waals surface area contributed by atoms with Crippen molar-refractivity contribution in [2.75, 3.05) is 26.3 Å². The van der Waals surface area contributed by atoms with Crippen molar-refractivity contribution in [1.82, 2.24) is 15.0 Å². The van der Waals surface area contributed by atoms with Crippen molar-refractivity contribution in [1.29, 1.82) is 0 Å². The molecule has 1 aliphatic heterocycles. The number of aromatic nitrogens is 2. The number of hydrogen-bond donors (Lipinski definition) is 0. The summed E-state index contributed by atoms with van der Waals surface area (Å²) in [7, 11) is 0. The van der Waals surface area contributed by atoms with Crippen molar-refractivity contribution >= 4 is 0 Å². The molecule has 0 N–H and O–H groups in total. The second-order valence-corrected chi connectivity index (χ2v) is 6.13. The van der Waals surface area contributed by atoms with Crippen LogP contribution in [0.4, 0.5) is 0 Å². The molecular weight excluding hydrogens is 278 g/mol. The first-order valence-electron chi connectivity index (χ1n) is 8.08. The molecule has 2 heterocycles. The molecule has 1 unspecified atom stereocenters. The lowest BCUT2D eigenvalue weighted by Crippen LogP contribution is -2.35. The molecule has 1 atom stereocenters. The number of hydrogen-bond acceptors (Lipinski definition) is 5. The summed E-state index contributed by atoms with van der Waals surface area (Å²) in [6.07, 6.45) is 3.20. The molecule has 1 aliphatic carbocycles. The van der Waals surface area contributed by atoms with E-state index >= 15 is 0 Å². The quantitative estimate of drug-likeness (QED) is 0.866. The van der Waals surface area contributed by atoms with E-state index in [1.165, 1.54) is 17.5 Å². The molecule has 1 aromatic heterocycles. The molecule has 2 aromatic rings. The molecule has 5 nitrogen and oxygen atoms in total. The van der Waals surface area contributed by atoms with Gasteiger partial charge in [0.2, 0.25) is 5.89 Å². The summed E-state index contributed by atoms with van der Waals surface area (Å²) in [4.78, 5) is 6.89. The highest BCUT2D eigenvalue weighted by Gasteiger charge is 2.24. The summed E-state index contributed by atoms with van der Waals surface area (Å²) in [5.41, 5.74) is 2.93. The van der Waals surface area contributed by atoms with E-state index in [1.807, 2.05) is 0 Å². The summed E-state index contributed by atoms with van der Waals surface area (Å²) < 4.78 is 10.8. The second-order valence-electron chi connectivity index (χ2n) is 6.13. The van der Waals surface area contributed by atoms with Crippen LogP contribution < -0.4 is 0 Å². The third-order valence-electron chi connectivity index (χ3n) is 4.66. The van der Waals surface area contributed by atoms with Gasteiger partial charge >= 0.3 is 0 Å². The molecule has 0 bridgehead atoms. The van der Waals surface area contributed by atoms with Gasteiger partial charge in [0.15, 0.2) is 5.82 Å². The molecule has 1 fully saturated rings. The zero-order valence-corrected chi connectivity index (χ0v) is 12.7. The van der Waals surface area contributed by atoms with E-state index in [-0.39, 0.29) is 0 Å². The minimum atomic E-state index is 0.521. The molecule has 5 heteroatoms. The number of nitrogens with zero attached hydrogens (tertiary/aromatic N) is 3. The Hall–Kier alpha value is -1.72. The first-order valence-corrected chi connectivity index (χ1v) is 8.08. The maximum absolute atomic E-state index is 5.46. The molecular formula is C17H21N3O2. The molecule has 0 amide bonds. The lowest BCUT2D eigenvalue weighted by Gasteiger charge is -2.24. The minimum Gasteiger partial charge on any atom is -0.379 e. The lowest BCUT2D eigenvalue weighted by atomic mass is 9.98. The topological polar surface area (TPSA) is 51.4 Å². The molecule has 22 heavy (non-hydrogen) atoms. The summed E-state index contributed by atoms with van der Waals surface area (Å²) >= 11 is 0. The molecule has 0 spiro atoms. The second kappa shape index (κ2) is 6.18. The van der Waals surface area contributed by atoms with Crippen LogP contribution in [-0.4, -0.2) is 41.3 Å². The zero-order chi connectivity index (χ0) is 14.8. The largest absolute Gasteiger partial charge is 0.379 e. The molecule has 0 saturated carbocycles. The van der Waals surface area contributed by atoms with E-state index in [2.05, 4.69) is 39.3 Å². The number of ether oxygens (including phenoxy) is 1. The van der Waals surface area contributed by atoms with Gasteiger partial charge < -0.3 is 9.26 Å². The Morgan fingerprint density at radius 2 is 2.05 bits per heavy atom. The normalized spacial score (nSPS) is 21.9. The van der Waals surface area contributed by atoms with E-state index in [0.717, 1.165) is 57.4 Å². The minimum absolute atomic E-state index is 0.521. The van der Waals surface area contributed by atoms with E-state index in [1.54, 1.807) is 0 Å². The van der Waals surface area contributed by atoms with Gasteiger partial charge in [0.1, 0.15) is 0 Å². The average molecular weight is 299 g/mol. The zero-order valence-electron chi connectivity index (χ0n) is 12.7. The molecule has 4 rings (SSSR count). The van der Waals surface area contributed by atoms with Crippen LogP contribution in [0.3, 0.4) is 0 Å². The van der Waals surface area contributed by atoms with Crippen LogP contribution in [0.15, 0.2) is 28.8 Å². The van der Waals surface area contributed by atoms with Gasteiger partial charge in [0.05, 0.1) is 19.8 Å². The van der Waals surface area contributed by atoms with Crippen molar-refractivity contribution in [2.24, 2.45) is 0 Å². The number of rotatable bonds is 4. The number of fused-ring (bicyclic) bond motifs is 1. The van der Waals surface area contributed by atoms with Crippen molar-refractivity contribution < 1.29 is 9.26 Å². The van der Waals surface area contributed by atoms with E-state index in [0.29, 0.717) is 5.92 Å². The first kappa shape index (κ1) is 13.9. The van der Waals surface area contributed by atoms with Gasteiger partial charge in [-0.1, -0.05) is 29.4 Å². The number of aryl methyl sites for hydroxylation is 1. The van der Waals surface area contributed by atoms with Gasteiger partial charge in [-0.2, -0.15) is 4.98 Å². The lowest BCUT2D eigenvalue weighted by molar-refractivity contribution is 0.0327. The molecule has 2 aliphatic rings. The Labute approximate surface area is 130 Å². The van der Waals surface area contributed by atoms with Gasteiger partial charge in [0, 0.05) is 19.5 Å². The van der Waals surface area contributed by atoms with Crippen LogP contribution >= 0.6 is 0 Å². The van der Waals surface area contributed by atoms with Gasteiger partial charge in [-0.05, 0) is 29.9 Å². The Morgan fingerprint density at radius 1 is 1.18 bits per heavy atom. The predicted octanol–water partition coefficient (Wildman–Crippen LogP) is 2.17. The summed E-state index contributed by atoms with van der Waals surface area (Å²) in [5.74, 6) is 2.08. The van der Waals surface area contributed by atoms with E-state index < -0.39 is 0 Å². The monoisotopic (exact) mass is 299 g/mol. The van der Waals surface area contributed by atoms with Crippen molar-refractivity contribution in [3.63, 3.8) is 0 Å². The summed E-state index contributed by atoms with van der Waals surface area (Å²) in [6, 6.07) is 8.70. The Kier molecular flexibility index (Phi) is 3.91. The highest BCUT2D eigenvalue weighted by Crippen LogP contribution is 2.34. The van der Waals surface area contributed by atoms with Crippen LogP contribution in [0.5, 0.6) is 0 Å². The smallest absolute Gasteiger partial charge is 0.227 e. The van der Waals surface area contributed by atoms with Crippen LogP contribution in [0.25, 0.3) is 0 Å². The predicted molar refractivity (Wildman–Crippen MR) is 81.6 cm³/mol. The van der Waals surface area contributed by atoms with Crippen molar-refractivity contribution in [3.05, 3.63) is 47.1 Å². The van der Waals surface area contributed by atoms with Crippen LogP contribution in [0.2, 0.25) is 0 Å². The van der Waals surface area contributed by atoms with Gasteiger partial charge in [-0.25, -0.2) is 0 Å². The van der Waals surface area contributed by atoms with Gasteiger partial charge in [0.25, 0.3) is 0 Å². The highest BCUT2D eigenvalue weighted by molar-refractivity contribution is 5.35. The maximum Gasteiger partial charge on any atom is 0.227 e. The third kappa shape index (κ3) is 2.91. The SMILES string of the molecule is c1ccc2c(c1)CCC2Cc1nc(CN2CCOCC2)no1. The highest BCUT2D eigenvalue weighted by atomic mass is 16.5. The van der Waals surface area contributed by atoms with Gasteiger partial charge in [-0.3, -0.25) is 4.90 Å². The number of benzene rings is 1. The van der Waals surface area contributed by atoms with E-state index in [9.17, 15) is 0 Å². The standard InChI is InChI=1S/C17H21N3O2/c1-2-4-15-13(3-1)5-6-14(15)11-17-18-16(19-22-17)12-20-7-9-21-10-8-20/h1-4,14H,5-12H2. The average Bonchev–Trinajstić information content (AvgIpc) is 3.17.